The number of nitrogens with zero attached hydrogens (tertiary/aromatic N) is 3. The molecule has 0 aromatic carbocycles. The highest BCUT2D eigenvalue weighted by Gasteiger charge is 2.50. The van der Waals surface area contributed by atoms with Gasteiger partial charge in [0, 0.05) is 45.5 Å². The molecule has 0 radical (unpaired) electrons. The van der Waals surface area contributed by atoms with Gasteiger partial charge in [-0.05, 0) is 80.2 Å². The van der Waals surface area contributed by atoms with Gasteiger partial charge >= 0.3 is 0 Å². The molecule has 5 fully saturated rings. The Bertz CT molecular complexity index is 624. The van der Waals surface area contributed by atoms with Gasteiger partial charge in [0.2, 0.25) is 0 Å². The molecule has 0 amide bonds. The standard InChI is InChI=1S/C24H37N3O2/c28-22(17-26-6-8-27(9-7-26)23-3-1-2-5-25-23)18-29-10-4-24-14-19-11-20(15-24)13-21(12-19)16-24/h1-3,5,19-22,28H,4,6-18H2/t19?,20?,21?,22-,24?/m1/s1. The molecule has 1 atom stereocenters. The van der Waals surface area contributed by atoms with Crippen molar-refractivity contribution in [2.75, 3.05) is 50.8 Å². The summed E-state index contributed by atoms with van der Waals surface area (Å²) in [6, 6.07) is 6.07. The summed E-state index contributed by atoms with van der Waals surface area (Å²) in [6.45, 7) is 5.91. The van der Waals surface area contributed by atoms with Crippen molar-refractivity contribution in [1.82, 2.24) is 9.88 Å². The number of aliphatic hydroxyl groups excluding tert-OH is 1. The normalized spacial score (nSPS) is 35.2. The summed E-state index contributed by atoms with van der Waals surface area (Å²) in [5.74, 6) is 4.09. The Hall–Kier alpha value is -1.17. The molecule has 4 bridgehead atoms. The summed E-state index contributed by atoms with van der Waals surface area (Å²) in [7, 11) is 0. The molecule has 0 spiro atoms. The van der Waals surface area contributed by atoms with Gasteiger partial charge in [0.15, 0.2) is 0 Å². The number of hydrogen-bond donors (Lipinski definition) is 1. The Kier molecular flexibility index (Phi) is 5.81. The molecule has 5 heteroatoms. The maximum atomic E-state index is 10.5. The second-order valence-electron chi connectivity index (χ2n) is 10.4. The Morgan fingerprint density at radius 3 is 2.34 bits per heavy atom. The minimum atomic E-state index is -0.382. The molecule has 5 aliphatic rings. The van der Waals surface area contributed by atoms with Crippen LogP contribution in [0.25, 0.3) is 0 Å². The largest absolute Gasteiger partial charge is 0.389 e. The van der Waals surface area contributed by atoms with Crippen LogP contribution >= 0.6 is 0 Å². The van der Waals surface area contributed by atoms with Gasteiger partial charge in [0.05, 0.1) is 12.7 Å². The maximum absolute atomic E-state index is 10.5. The number of ether oxygens (including phenoxy) is 1. The zero-order valence-corrected chi connectivity index (χ0v) is 17.7. The van der Waals surface area contributed by atoms with Crippen LogP contribution in [0, 0.1) is 23.2 Å². The van der Waals surface area contributed by atoms with Gasteiger partial charge in [-0.25, -0.2) is 4.98 Å². The van der Waals surface area contributed by atoms with Gasteiger partial charge in [-0.2, -0.15) is 0 Å². The van der Waals surface area contributed by atoms with Crippen LogP contribution in [-0.2, 0) is 4.74 Å². The number of pyridine rings is 1. The SMILES string of the molecule is O[C@@H](COCCC12CC3CC(CC(C3)C1)C2)CN1CCN(c2ccccn2)CC1. The van der Waals surface area contributed by atoms with Gasteiger partial charge in [0.25, 0.3) is 0 Å². The summed E-state index contributed by atoms with van der Waals surface area (Å²) in [4.78, 5) is 9.12. The van der Waals surface area contributed by atoms with Crippen molar-refractivity contribution in [1.29, 1.82) is 0 Å². The van der Waals surface area contributed by atoms with E-state index < -0.39 is 0 Å². The molecule has 1 N–H and O–H groups in total. The first-order valence-electron chi connectivity index (χ1n) is 11.8. The van der Waals surface area contributed by atoms with Crippen molar-refractivity contribution in [3.63, 3.8) is 0 Å². The Balaban J connectivity index is 0.995. The lowest BCUT2D eigenvalue weighted by molar-refractivity contribution is -0.0741. The Morgan fingerprint density at radius 2 is 1.72 bits per heavy atom. The highest BCUT2D eigenvalue weighted by molar-refractivity contribution is 5.38. The van der Waals surface area contributed by atoms with E-state index in [0.717, 1.165) is 56.4 Å². The predicted octanol–water partition coefficient (Wildman–Crippen LogP) is 3.19. The van der Waals surface area contributed by atoms with Crippen LogP contribution < -0.4 is 4.90 Å². The quantitative estimate of drug-likeness (QED) is 0.681. The fourth-order valence-electron chi connectivity index (χ4n) is 7.16. The summed E-state index contributed by atoms with van der Waals surface area (Å²) in [6.07, 6.45) is 11.6. The van der Waals surface area contributed by atoms with E-state index in [4.69, 9.17) is 4.74 Å². The molecule has 0 unspecified atom stereocenters. The fourth-order valence-corrected chi connectivity index (χ4v) is 7.16. The number of hydrogen-bond acceptors (Lipinski definition) is 5. The van der Waals surface area contributed by atoms with Crippen molar-refractivity contribution in [2.45, 2.75) is 51.0 Å². The Morgan fingerprint density at radius 1 is 1.03 bits per heavy atom. The van der Waals surface area contributed by atoms with E-state index in [1.54, 1.807) is 0 Å². The molecule has 29 heavy (non-hydrogen) atoms. The highest BCUT2D eigenvalue weighted by atomic mass is 16.5. The van der Waals surface area contributed by atoms with E-state index in [1.807, 2.05) is 18.3 Å². The lowest BCUT2D eigenvalue weighted by atomic mass is 9.49. The summed E-state index contributed by atoms with van der Waals surface area (Å²) in [5.41, 5.74) is 0.585. The third-order valence-electron chi connectivity index (χ3n) is 8.07. The van der Waals surface area contributed by atoms with Gasteiger partial charge in [-0.1, -0.05) is 6.07 Å². The van der Waals surface area contributed by atoms with Crippen LogP contribution in [0.15, 0.2) is 24.4 Å². The van der Waals surface area contributed by atoms with Crippen LogP contribution in [0.1, 0.15) is 44.9 Å². The van der Waals surface area contributed by atoms with E-state index in [1.165, 1.54) is 44.9 Å². The number of aliphatic hydroxyl groups is 1. The summed E-state index contributed by atoms with van der Waals surface area (Å²) in [5, 5.41) is 10.5. The van der Waals surface area contributed by atoms with Crippen LogP contribution in [0.5, 0.6) is 0 Å². The average Bonchev–Trinajstić information content (AvgIpc) is 2.71. The van der Waals surface area contributed by atoms with Gasteiger partial charge in [0.1, 0.15) is 5.82 Å². The predicted molar refractivity (Wildman–Crippen MR) is 115 cm³/mol. The first-order chi connectivity index (χ1) is 14.2. The van der Waals surface area contributed by atoms with Crippen molar-refractivity contribution in [3.8, 4) is 0 Å². The summed E-state index contributed by atoms with van der Waals surface area (Å²) < 4.78 is 5.97. The van der Waals surface area contributed by atoms with Crippen LogP contribution in [0.4, 0.5) is 5.82 Å². The van der Waals surface area contributed by atoms with Gasteiger partial charge in [-0.3, -0.25) is 4.90 Å². The minimum Gasteiger partial charge on any atom is -0.389 e. The van der Waals surface area contributed by atoms with Crippen LogP contribution in [0.3, 0.4) is 0 Å². The lowest BCUT2D eigenvalue weighted by Gasteiger charge is -2.57. The number of anilines is 1. The molecule has 1 aromatic heterocycles. The second kappa shape index (κ2) is 8.52. The fraction of sp³-hybridized carbons (Fsp3) is 0.792. The third-order valence-corrected chi connectivity index (χ3v) is 8.07. The Labute approximate surface area is 175 Å². The topological polar surface area (TPSA) is 48.8 Å². The molecule has 1 aliphatic heterocycles. The molecule has 160 valence electrons. The van der Waals surface area contributed by atoms with Crippen molar-refractivity contribution in [2.24, 2.45) is 23.2 Å². The third kappa shape index (κ3) is 4.62. The molecule has 1 saturated heterocycles. The second-order valence-corrected chi connectivity index (χ2v) is 10.4. The van der Waals surface area contributed by atoms with E-state index in [9.17, 15) is 5.11 Å². The molecule has 1 aromatic rings. The first kappa shape index (κ1) is 19.8. The number of aromatic nitrogens is 1. The van der Waals surface area contributed by atoms with Crippen molar-refractivity contribution in [3.05, 3.63) is 24.4 Å². The molecule has 4 aliphatic carbocycles. The van der Waals surface area contributed by atoms with E-state index in [0.29, 0.717) is 18.6 Å². The van der Waals surface area contributed by atoms with Crippen molar-refractivity contribution < 1.29 is 9.84 Å². The van der Waals surface area contributed by atoms with Gasteiger partial charge in [-0.15, -0.1) is 0 Å². The molecular weight excluding hydrogens is 362 g/mol. The smallest absolute Gasteiger partial charge is 0.128 e. The zero-order valence-electron chi connectivity index (χ0n) is 17.7. The average molecular weight is 400 g/mol. The van der Waals surface area contributed by atoms with Crippen molar-refractivity contribution >= 4 is 5.82 Å². The van der Waals surface area contributed by atoms with E-state index in [-0.39, 0.29) is 6.10 Å². The maximum Gasteiger partial charge on any atom is 0.128 e. The van der Waals surface area contributed by atoms with Crippen LogP contribution in [-0.4, -0.2) is 67.0 Å². The molecule has 6 rings (SSSR count). The zero-order chi connectivity index (χ0) is 19.7. The minimum absolute atomic E-state index is 0.382. The monoisotopic (exact) mass is 399 g/mol. The molecule has 2 heterocycles. The van der Waals surface area contributed by atoms with Crippen LogP contribution in [0.2, 0.25) is 0 Å². The van der Waals surface area contributed by atoms with E-state index in [2.05, 4.69) is 20.9 Å². The number of rotatable bonds is 8. The molecule has 5 nitrogen and oxygen atoms in total. The number of β-amino-alcohol motifs (C(OH)–C–C–N with tert-alkyl or cyclic N) is 1. The number of piperazine rings is 1. The molecular formula is C24H37N3O2. The first-order valence-corrected chi connectivity index (χ1v) is 11.8. The lowest BCUT2D eigenvalue weighted by Crippen LogP contribution is -2.49. The van der Waals surface area contributed by atoms with E-state index >= 15 is 0 Å². The van der Waals surface area contributed by atoms with Gasteiger partial charge < -0.3 is 14.7 Å². The molecule has 4 saturated carbocycles. The highest BCUT2D eigenvalue weighted by Crippen LogP contribution is 2.61. The summed E-state index contributed by atoms with van der Waals surface area (Å²) >= 11 is 0.